The van der Waals surface area contributed by atoms with Crippen molar-refractivity contribution in [3.05, 3.63) is 17.7 Å². The van der Waals surface area contributed by atoms with E-state index in [2.05, 4.69) is 12.2 Å². The Hall–Kier alpha value is -2.09. The van der Waals surface area contributed by atoms with Crippen molar-refractivity contribution in [2.45, 2.75) is 38.6 Å². The van der Waals surface area contributed by atoms with Crippen molar-refractivity contribution in [1.29, 1.82) is 0 Å². The molecule has 2 rings (SSSR count). The first-order chi connectivity index (χ1) is 13.6. The lowest BCUT2D eigenvalue weighted by atomic mass is 10.1. The Labute approximate surface area is 171 Å². The number of hydrogen-bond acceptors (Lipinski definition) is 6. The number of nitrogens with one attached hydrogen (secondary N) is 1. The van der Waals surface area contributed by atoms with Gasteiger partial charge in [0.2, 0.25) is 11.7 Å². The molecular formula is C20H30N2O5S. The molecule has 0 saturated carbocycles. The summed E-state index contributed by atoms with van der Waals surface area (Å²) in [4.78, 5) is 27.3. The molecule has 1 fully saturated rings. The number of benzene rings is 1. The first-order valence-electron chi connectivity index (χ1n) is 9.53. The third kappa shape index (κ3) is 5.25. The predicted molar refractivity (Wildman–Crippen MR) is 111 cm³/mol. The van der Waals surface area contributed by atoms with Gasteiger partial charge in [0.25, 0.3) is 5.91 Å². The zero-order valence-corrected chi connectivity index (χ0v) is 17.9. The highest BCUT2D eigenvalue weighted by Crippen LogP contribution is 2.39. The SMILES string of the molecule is CCCCCCNC(=O)C1CSCN1C(=O)c1cc(OC)c(OC)c(OC)c1. The van der Waals surface area contributed by atoms with E-state index in [9.17, 15) is 9.59 Å². The van der Waals surface area contributed by atoms with Crippen molar-refractivity contribution in [2.24, 2.45) is 0 Å². The molecule has 1 aliphatic heterocycles. The highest BCUT2D eigenvalue weighted by molar-refractivity contribution is 7.99. The lowest BCUT2D eigenvalue weighted by Crippen LogP contribution is -2.47. The van der Waals surface area contributed by atoms with Gasteiger partial charge in [-0.25, -0.2) is 0 Å². The minimum atomic E-state index is -0.470. The molecule has 0 aliphatic carbocycles. The Balaban J connectivity index is 2.11. The molecule has 1 aromatic carbocycles. The fourth-order valence-corrected chi connectivity index (χ4v) is 4.27. The minimum Gasteiger partial charge on any atom is -0.493 e. The number of nitrogens with zero attached hydrogens (tertiary/aromatic N) is 1. The van der Waals surface area contributed by atoms with Crippen molar-refractivity contribution < 1.29 is 23.8 Å². The van der Waals surface area contributed by atoms with E-state index in [1.54, 1.807) is 28.8 Å². The molecule has 0 bridgehead atoms. The fraction of sp³-hybridized carbons (Fsp3) is 0.600. The second-order valence-corrected chi connectivity index (χ2v) is 7.56. The van der Waals surface area contributed by atoms with Crippen molar-refractivity contribution in [3.8, 4) is 17.2 Å². The molecule has 1 aromatic rings. The molecule has 0 aromatic heterocycles. The van der Waals surface area contributed by atoms with E-state index in [4.69, 9.17) is 14.2 Å². The average molecular weight is 411 g/mol. The van der Waals surface area contributed by atoms with E-state index in [1.165, 1.54) is 27.8 Å². The van der Waals surface area contributed by atoms with E-state index in [-0.39, 0.29) is 11.8 Å². The highest BCUT2D eigenvalue weighted by atomic mass is 32.2. The molecule has 1 heterocycles. The van der Waals surface area contributed by atoms with Gasteiger partial charge in [-0.2, -0.15) is 0 Å². The molecule has 8 heteroatoms. The van der Waals surface area contributed by atoms with E-state index >= 15 is 0 Å². The molecular weight excluding hydrogens is 380 g/mol. The van der Waals surface area contributed by atoms with E-state index in [1.807, 2.05) is 0 Å². The maximum Gasteiger partial charge on any atom is 0.255 e. The average Bonchev–Trinajstić information content (AvgIpc) is 3.21. The van der Waals surface area contributed by atoms with Crippen LogP contribution in [0, 0.1) is 0 Å². The summed E-state index contributed by atoms with van der Waals surface area (Å²) < 4.78 is 16.0. The van der Waals surface area contributed by atoms with Crippen molar-refractivity contribution in [1.82, 2.24) is 10.2 Å². The number of carbonyl (C=O) groups is 2. The number of hydrogen-bond donors (Lipinski definition) is 1. The van der Waals surface area contributed by atoms with Gasteiger partial charge in [0.15, 0.2) is 11.5 Å². The summed E-state index contributed by atoms with van der Waals surface area (Å²) >= 11 is 1.57. The topological polar surface area (TPSA) is 77.1 Å². The van der Waals surface area contributed by atoms with Crippen molar-refractivity contribution >= 4 is 23.6 Å². The molecule has 1 saturated heterocycles. The maximum absolute atomic E-state index is 13.1. The Morgan fingerprint density at radius 1 is 1.11 bits per heavy atom. The first-order valence-corrected chi connectivity index (χ1v) is 10.7. The van der Waals surface area contributed by atoms with E-state index < -0.39 is 6.04 Å². The lowest BCUT2D eigenvalue weighted by molar-refractivity contribution is -0.124. The summed E-state index contributed by atoms with van der Waals surface area (Å²) in [6.45, 7) is 2.80. The highest BCUT2D eigenvalue weighted by Gasteiger charge is 2.35. The second-order valence-electron chi connectivity index (χ2n) is 6.56. The second kappa shape index (κ2) is 11.0. The van der Waals surface area contributed by atoms with Crippen LogP contribution >= 0.6 is 11.8 Å². The number of unbranched alkanes of at least 4 members (excludes halogenated alkanes) is 3. The van der Waals surface area contributed by atoms with Gasteiger partial charge in [-0.15, -0.1) is 11.8 Å². The molecule has 2 amide bonds. The van der Waals surface area contributed by atoms with Crippen LogP contribution in [-0.2, 0) is 4.79 Å². The third-order valence-corrected chi connectivity index (χ3v) is 5.70. The van der Waals surface area contributed by atoms with Crippen molar-refractivity contribution in [3.63, 3.8) is 0 Å². The lowest BCUT2D eigenvalue weighted by Gasteiger charge is -2.24. The van der Waals surface area contributed by atoms with Gasteiger partial charge >= 0.3 is 0 Å². The Bertz CT molecular complexity index is 658. The Morgan fingerprint density at radius 2 is 1.79 bits per heavy atom. The normalized spacial score (nSPS) is 16.0. The molecule has 1 unspecified atom stereocenters. The van der Waals surface area contributed by atoms with Crippen LogP contribution in [0.4, 0.5) is 0 Å². The third-order valence-electron chi connectivity index (χ3n) is 4.69. The summed E-state index contributed by atoms with van der Waals surface area (Å²) in [5.41, 5.74) is 0.401. The molecule has 156 valence electrons. The summed E-state index contributed by atoms with van der Waals surface area (Å²) in [5, 5.41) is 2.97. The monoisotopic (exact) mass is 410 g/mol. The first kappa shape index (κ1) is 22.2. The summed E-state index contributed by atoms with van der Waals surface area (Å²) in [5.74, 6) is 2.00. The summed E-state index contributed by atoms with van der Waals surface area (Å²) in [7, 11) is 4.53. The summed E-state index contributed by atoms with van der Waals surface area (Å²) in [6, 6.07) is 2.77. The number of methoxy groups -OCH3 is 3. The van der Waals surface area contributed by atoms with Gasteiger partial charge in [-0.05, 0) is 18.6 Å². The molecule has 0 spiro atoms. The number of ether oxygens (including phenoxy) is 3. The molecule has 0 radical (unpaired) electrons. The quantitative estimate of drug-likeness (QED) is 0.598. The Kier molecular flexibility index (Phi) is 8.76. The van der Waals surface area contributed by atoms with E-state index in [0.717, 1.165) is 19.3 Å². The largest absolute Gasteiger partial charge is 0.493 e. The van der Waals surface area contributed by atoms with Crippen LogP contribution in [-0.4, -0.2) is 62.3 Å². The van der Waals surface area contributed by atoms with Gasteiger partial charge in [0, 0.05) is 17.9 Å². The zero-order valence-electron chi connectivity index (χ0n) is 17.1. The van der Waals surface area contributed by atoms with Crippen LogP contribution in [0.5, 0.6) is 17.2 Å². The van der Waals surface area contributed by atoms with Crippen LogP contribution in [0.1, 0.15) is 43.0 Å². The zero-order chi connectivity index (χ0) is 20.5. The minimum absolute atomic E-state index is 0.0951. The van der Waals surface area contributed by atoms with Crippen LogP contribution in [0.2, 0.25) is 0 Å². The maximum atomic E-state index is 13.1. The molecule has 7 nitrogen and oxygen atoms in total. The number of carbonyl (C=O) groups excluding carboxylic acids is 2. The molecule has 1 N–H and O–H groups in total. The van der Waals surface area contributed by atoms with Gasteiger partial charge in [-0.3, -0.25) is 9.59 Å². The molecule has 1 atom stereocenters. The molecule has 1 aliphatic rings. The van der Waals surface area contributed by atoms with Gasteiger partial charge < -0.3 is 24.4 Å². The molecule has 28 heavy (non-hydrogen) atoms. The number of rotatable bonds is 10. The van der Waals surface area contributed by atoms with Crippen LogP contribution in [0.3, 0.4) is 0 Å². The van der Waals surface area contributed by atoms with Crippen LogP contribution < -0.4 is 19.5 Å². The smallest absolute Gasteiger partial charge is 0.255 e. The van der Waals surface area contributed by atoms with Crippen LogP contribution in [0.15, 0.2) is 12.1 Å². The summed E-state index contributed by atoms with van der Waals surface area (Å²) in [6.07, 6.45) is 4.38. The van der Waals surface area contributed by atoms with Gasteiger partial charge in [-0.1, -0.05) is 26.2 Å². The predicted octanol–water partition coefficient (Wildman–Crippen LogP) is 2.92. The van der Waals surface area contributed by atoms with Gasteiger partial charge in [0.05, 0.1) is 27.2 Å². The fourth-order valence-electron chi connectivity index (χ4n) is 3.11. The standard InChI is InChI=1S/C20H30N2O5S/c1-5-6-7-8-9-21-19(23)15-12-28-13-22(15)20(24)14-10-16(25-2)18(27-4)17(11-14)26-3/h10-11,15H,5-9,12-13H2,1-4H3,(H,21,23). The van der Waals surface area contributed by atoms with Crippen LogP contribution in [0.25, 0.3) is 0 Å². The number of amides is 2. The van der Waals surface area contributed by atoms with Gasteiger partial charge in [0.1, 0.15) is 6.04 Å². The van der Waals surface area contributed by atoms with Crippen molar-refractivity contribution in [2.75, 3.05) is 39.5 Å². The van der Waals surface area contributed by atoms with E-state index in [0.29, 0.717) is 41.0 Å². The Morgan fingerprint density at radius 3 is 2.36 bits per heavy atom. The number of thioether (sulfide) groups is 1.